The molecule has 1 amide bonds. The first-order chi connectivity index (χ1) is 13.5. The summed E-state index contributed by atoms with van der Waals surface area (Å²) in [6, 6.07) is 11.0. The van der Waals surface area contributed by atoms with Crippen LogP contribution in [0.15, 0.2) is 30.3 Å². The van der Waals surface area contributed by atoms with Gasteiger partial charge in [-0.15, -0.1) is 0 Å². The molecule has 2 aromatic rings. The molecule has 1 spiro atoms. The number of hydrogen-bond donors (Lipinski definition) is 0. The van der Waals surface area contributed by atoms with E-state index in [1.807, 2.05) is 0 Å². The monoisotopic (exact) mass is 382 g/mol. The molecule has 2 fully saturated rings. The maximum Gasteiger partial charge on any atom is 0.222 e. The number of rotatable bonds is 5. The average molecular weight is 383 g/mol. The summed E-state index contributed by atoms with van der Waals surface area (Å²) in [5.74, 6) is 0.346. The van der Waals surface area contributed by atoms with Gasteiger partial charge in [-0.3, -0.25) is 9.69 Å². The van der Waals surface area contributed by atoms with Crippen LogP contribution in [0.5, 0.6) is 0 Å². The Morgan fingerprint density at radius 3 is 2.75 bits per heavy atom. The van der Waals surface area contributed by atoms with Gasteiger partial charge in [-0.1, -0.05) is 18.2 Å². The number of aromatic nitrogens is 1. The molecule has 5 heteroatoms. The van der Waals surface area contributed by atoms with Crippen LogP contribution < -0.4 is 0 Å². The first-order valence-electron chi connectivity index (χ1n) is 10.6. The van der Waals surface area contributed by atoms with Crippen LogP contribution in [0.3, 0.4) is 0 Å². The fourth-order valence-electron chi connectivity index (χ4n) is 5.13. The molecule has 0 radical (unpaired) electrons. The zero-order valence-corrected chi connectivity index (χ0v) is 17.7. The van der Waals surface area contributed by atoms with E-state index in [4.69, 9.17) is 0 Å². The van der Waals surface area contributed by atoms with Crippen LogP contribution in [-0.2, 0) is 18.4 Å². The van der Waals surface area contributed by atoms with Crippen LogP contribution in [-0.4, -0.2) is 72.0 Å². The maximum absolute atomic E-state index is 12.4. The molecular formula is C23H34N4O. The summed E-state index contributed by atoms with van der Waals surface area (Å²) in [5, 5.41) is 1.32. The summed E-state index contributed by atoms with van der Waals surface area (Å²) < 4.78 is 2.34. The van der Waals surface area contributed by atoms with E-state index in [0.29, 0.717) is 5.91 Å². The minimum absolute atomic E-state index is 0.281. The van der Waals surface area contributed by atoms with Crippen LogP contribution in [0.4, 0.5) is 0 Å². The number of piperidine rings is 2. The molecule has 4 rings (SSSR count). The van der Waals surface area contributed by atoms with E-state index in [2.05, 4.69) is 70.7 Å². The Hall–Kier alpha value is -1.85. The number of aryl methyl sites for hydroxylation is 1. The first-order valence-corrected chi connectivity index (χ1v) is 10.6. The molecule has 0 bridgehead atoms. The third-order valence-corrected chi connectivity index (χ3v) is 6.74. The van der Waals surface area contributed by atoms with Gasteiger partial charge in [0.1, 0.15) is 0 Å². The summed E-state index contributed by atoms with van der Waals surface area (Å²) in [5.41, 5.74) is 2.97. The van der Waals surface area contributed by atoms with Gasteiger partial charge in [0, 0.05) is 62.8 Å². The van der Waals surface area contributed by atoms with Gasteiger partial charge in [0.15, 0.2) is 0 Å². The highest BCUT2D eigenvalue weighted by Gasteiger charge is 2.41. The van der Waals surface area contributed by atoms with Crippen molar-refractivity contribution in [2.24, 2.45) is 12.5 Å². The van der Waals surface area contributed by atoms with Gasteiger partial charge in [-0.05, 0) is 57.4 Å². The Morgan fingerprint density at radius 1 is 1.14 bits per heavy atom. The lowest BCUT2D eigenvalue weighted by Crippen LogP contribution is -2.54. The number of carbonyl (C=O) groups excluding carboxylic acids is 1. The topological polar surface area (TPSA) is 31.7 Å². The lowest BCUT2D eigenvalue weighted by Gasteiger charge is -2.48. The van der Waals surface area contributed by atoms with Crippen molar-refractivity contribution in [1.82, 2.24) is 19.3 Å². The van der Waals surface area contributed by atoms with Gasteiger partial charge >= 0.3 is 0 Å². The normalized spacial score (nSPS) is 24.0. The SMILES string of the molecule is CN(C)CCN1C[C@]2(CCCN(Cc3cc4ccccc4n3C)C2)CCC1=O. The molecular weight excluding hydrogens is 348 g/mol. The third-order valence-electron chi connectivity index (χ3n) is 6.74. The molecule has 1 atom stereocenters. The number of likely N-dealkylation sites (tertiary alicyclic amines) is 2. The molecule has 2 aliphatic heterocycles. The quantitative estimate of drug-likeness (QED) is 0.797. The number of para-hydroxylation sites is 1. The second kappa shape index (κ2) is 7.88. The van der Waals surface area contributed by atoms with Crippen molar-refractivity contribution in [3.63, 3.8) is 0 Å². The molecule has 0 saturated carbocycles. The highest BCUT2D eigenvalue weighted by molar-refractivity contribution is 5.81. The lowest BCUT2D eigenvalue weighted by molar-refractivity contribution is -0.139. The number of carbonyl (C=O) groups is 1. The Bertz CT molecular complexity index is 842. The first kappa shape index (κ1) is 19.5. The molecule has 0 unspecified atom stereocenters. The largest absolute Gasteiger partial charge is 0.346 e. The van der Waals surface area contributed by atoms with E-state index in [9.17, 15) is 4.79 Å². The molecule has 1 aromatic carbocycles. The van der Waals surface area contributed by atoms with Gasteiger partial charge in [0.05, 0.1) is 0 Å². The number of fused-ring (bicyclic) bond motifs is 1. The number of benzene rings is 1. The van der Waals surface area contributed by atoms with E-state index in [1.165, 1.54) is 29.4 Å². The van der Waals surface area contributed by atoms with Gasteiger partial charge in [0.2, 0.25) is 5.91 Å². The zero-order valence-electron chi connectivity index (χ0n) is 17.7. The van der Waals surface area contributed by atoms with Gasteiger partial charge in [-0.2, -0.15) is 0 Å². The minimum atomic E-state index is 0.281. The molecule has 3 heterocycles. The molecule has 2 aliphatic rings. The Kier molecular flexibility index (Phi) is 5.48. The van der Waals surface area contributed by atoms with Crippen LogP contribution in [0, 0.1) is 5.41 Å². The van der Waals surface area contributed by atoms with Crippen molar-refractivity contribution < 1.29 is 4.79 Å². The molecule has 0 aliphatic carbocycles. The second-order valence-corrected chi connectivity index (χ2v) is 9.19. The predicted molar refractivity (Wildman–Crippen MR) is 114 cm³/mol. The minimum Gasteiger partial charge on any atom is -0.346 e. The second-order valence-electron chi connectivity index (χ2n) is 9.19. The van der Waals surface area contributed by atoms with Crippen molar-refractivity contribution in [1.29, 1.82) is 0 Å². The van der Waals surface area contributed by atoms with Crippen molar-refractivity contribution in [3.05, 3.63) is 36.0 Å². The van der Waals surface area contributed by atoms with E-state index in [-0.39, 0.29) is 5.41 Å². The Morgan fingerprint density at radius 2 is 1.96 bits per heavy atom. The summed E-state index contributed by atoms with van der Waals surface area (Å²) in [4.78, 5) is 19.4. The van der Waals surface area contributed by atoms with Crippen molar-refractivity contribution in [2.45, 2.75) is 32.2 Å². The van der Waals surface area contributed by atoms with Gasteiger partial charge in [0.25, 0.3) is 0 Å². The van der Waals surface area contributed by atoms with Crippen LogP contribution in [0.25, 0.3) is 10.9 Å². The fraction of sp³-hybridized carbons (Fsp3) is 0.609. The van der Waals surface area contributed by atoms with Crippen molar-refractivity contribution in [3.8, 4) is 0 Å². The van der Waals surface area contributed by atoms with Gasteiger partial charge in [-0.25, -0.2) is 0 Å². The maximum atomic E-state index is 12.4. The van der Waals surface area contributed by atoms with E-state index in [1.54, 1.807) is 0 Å². The summed E-state index contributed by atoms with van der Waals surface area (Å²) >= 11 is 0. The fourth-order valence-corrected chi connectivity index (χ4v) is 5.13. The lowest BCUT2D eigenvalue weighted by atomic mass is 9.73. The molecule has 152 valence electrons. The van der Waals surface area contributed by atoms with Gasteiger partial charge < -0.3 is 14.4 Å². The Labute approximate surface area is 168 Å². The number of amides is 1. The van der Waals surface area contributed by atoms with Crippen LogP contribution >= 0.6 is 0 Å². The predicted octanol–water partition coefficient (Wildman–Crippen LogP) is 2.94. The van der Waals surface area contributed by atoms with Crippen LogP contribution in [0.2, 0.25) is 0 Å². The molecule has 2 saturated heterocycles. The standard InChI is InChI=1S/C23H34N4O/c1-24(2)13-14-27-18-23(11-9-22(27)28)10-6-12-26(17-23)16-20-15-19-7-4-5-8-21(19)25(20)3/h4-5,7-8,15H,6,9-14,16-18H2,1-3H3/t23-/m1/s1. The number of hydrogen-bond acceptors (Lipinski definition) is 3. The van der Waals surface area contributed by atoms with Crippen LogP contribution in [0.1, 0.15) is 31.4 Å². The molecule has 5 nitrogen and oxygen atoms in total. The molecule has 0 N–H and O–H groups in total. The number of nitrogens with zero attached hydrogens (tertiary/aromatic N) is 4. The third kappa shape index (κ3) is 3.96. The molecule has 28 heavy (non-hydrogen) atoms. The van der Waals surface area contributed by atoms with E-state index >= 15 is 0 Å². The highest BCUT2D eigenvalue weighted by atomic mass is 16.2. The smallest absolute Gasteiger partial charge is 0.222 e. The van der Waals surface area contributed by atoms with Crippen molar-refractivity contribution >= 4 is 16.8 Å². The zero-order chi connectivity index (χ0) is 19.7. The van der Waals surface area contributed by atoms with E-state index < -0.39 is 0 Å². The number of likely N-dealkylation sites (N-methyl/N-ethyl adjacent to an activating group) is 1. The summed E-state index contributed by atoms with van der Waals surface area (Å²) in [6.45, 7) is 6.01. The summed E-state index contributed by atoms with van der Waals surface area (Å²) in [7, 11) is 6.34. The van der Waals surface area contributed by atoms with Crippen molar-refractivity contribution in [2.75, 3.05) is 46.8 Å². The van der Waals surface area contributed by atoms with E-state index in [0.717, 1.165) is 52.1 Å². The Balaban J connectivity index is 1.46. The summed E-state index contributed by atoms with van der Waals surface area (Å²) in [6.07, 6.45) is 4.26. The highest BCUT2D eigenvalue weighted by Crippen LogP contribution is 2.39. The average Bonchev–Trinajstić information content (AvgIpc) is 2.99. The molecule has 1 aromatic heterocycles.